The molecule has 0 aromatic heterocycles. The van der Waals surface area contributed by atoms with Gasteiger partial charge in [0.1, 0.15) is 0 Å². The Bertz CT molecular complexity index is 471. The van der Waals surface area contributed by atoms with Crippen molar-refractivity contribution in [3.05, 3.63) is 35.4 Å². The summed E-state index contributed by atoms with van der Waals surface area (Å²) in [7, 11) is 2.19. The van der Waals surface area contributed by atoms with Crippen molar-refractivity contribution in [2.75, 3.05) is 7.05 Å². The monoisotopic (exact) mass is 240 g/mol. The van der Waals surface area contributed by atoms with Crippen LogP contribution in [0.5, 0.6) is 0 Å². The zero-order valence-corrected chi connectivity index (χ0v) is 11.1. The van der Waals surface area contributed by atoms with E-state index in [2.05, 4.69) is 49.2 Å². The van der Waals surface area contributed by atoms with E-state index in [9.17, 15) is 5.26 Å². The molecule has 0 aliphatic carbocycles. The predicted molar refractivity (Wildman–Crippen MR) is 72.2 cm³/mol. The molecule has 0 N–H and O–H groups in total. The second kappa shape index (κ2) is 4.40. The third-order valence-electron chi connectivity index (χ3n) is 4.92. The fourth-order valence-corrected chi connectivity index (χ4v) is 3.80. The number of nitriles is 1. The van der Waals surface area contributed by atoms with E-state index >= 15 is 0 Å². The molecule has 94 valence electrons. The summed E-state index contributed by atoms with van der Waals surface area (Å²) < 4.78 is 0. The van der Waals surface area contributed by atoms with Crippen molar-refractivity contribution < 1.29 is 0 Å². The fraction of sp³-hybridized carbons (Fsp3) is 0.562. The molecule has 18 heavy (non-hydrogen) atoms. The van der Waals surface area contributed by atoms with Crippen LogP contribution in [0.4, 0.5) is 0 Å². The number of aryl methyl sites for hydroxylation is 1. The highest BCUT2D eigenvalue weighted by Gasteiger charge is 2.45. The Morgan fingerprint density at radius 1 is 1.22 bits per heavy atom. The van der Waals surface area contributed by atoms with Crippen molar-refractivity contribution in [3.8, 4) is 6.07 Å². The average Bonchev–Trinajstić information content (AvgIpc) is 2.63. The quantitative estimate of drug-likeness (QED) is 0.754. The minimum absolute atomic E-state index is 0.163. The van der Waals surface area contributed by atoms with Gasteiger partial charge in [-0.05, 0) is 38.8 Å². The molecule has 2 bridgehead atoms. The summed E-state index contributed by atoms with van der Waals surface area (Å²) in [6.45, 7) is 2.11. The predicted octanol–water partition coefficient (Wildman–Crippen LogP) is 3.08. The normalized spacial score (nSPS) is 35.4. The third kappa shape index (κ3) is 1.74. The summed E-state index contributed by atoms with van der Waals surface area (Å²) in [6.07, 6.45) is 3.61. The van der Waals surface area contributed by atoms with Gasteiger partial charge in [0.2, 0.25) is 0 Å². The molecule has 3 rings (SSSR count). The van der Waals surface area contributed by atoms with E-state index in [0.717, 1.165) is 6.42 Å². The zero-order valence-electron chi connectivity index (χ0n) is 11.1. The Balaban J connectivity index is 1.93. The molecule has 1 aromatic rings. The fourth-order valence-electron chi connectivity index (χ4n) is 3.80. The molecule has 2 saturated heterocycles. The van der Waals surface area contributed by atoms with Gasteiger partial charge in [-0.2, -0.15) is 5.26 Å². The van der Waals surface area contributed by atoms with E-state index in [1.807, 2.05) is 0 Å². The first-order valence-corrected chi connectivity index (χ1v) is 6.89. The second-order valence-electron chi connectivity index (χ2n) is 5.87. The summed E-state index contributed by atoms with van der Waals surface area (Å²) in [4.78, 5) is 2.44. The van der Waals surface area contributed by atoms with E-state index in [1.54, 1.807) is 0 Å². The maximum atomic E-state index is 9.54. The smallest absolute Gasteiger partial charge is 0.0687 e. The van der Waals surface area contributed by atoms with E-state index in [0.29, 0.717) is 18.0 Å². The van der Waals surface area contributed by atoms with Gasteiger partial charge in [0, 0.05) is 18.0 Å². The Kier molecular flexibility index (Phi) is 2.87. The number of fused-ring (bicyclic) bond motifs is 2. The lowest BCUT2D eigenvalue weighted by Crippen LogP contribution is -2.45. The van der Waals surface area contributed by atoms with Crippen molar-refractivity contribution in [1.82, 2.24) is 4.90 Å². The molecular weight excluding hydrogens is 220 g/mol. The lowest BCUT2D eigenvalue weighted by Gasteiger charge is -2.40. The van der Waals surface area contributed by atoms with Gasteiger partial charge in [-0.3, -0.25) is 4.90 Å². The number of hydrogen-bond donors (Lipinski definition) is 0. The molecular formula is C16H20N2. The lowest BCUT2D eigenvalue weighted by atomic mass is 9.77. The number of hydrogen-bond acceptors (Lipinski definition) is 2. The van der Waals surface area contributed by atoms with Crippen LogP contribution < -0.4 is 0 Å². The van der Waals surface area contributed by atoms with Gasteiger partial charge in [-0.25, -0.2) is 0 Å². The first-order valence-electron chi connectivity index (χ1n) is 6.89. The molecule has 2 aliphatic rings. The first-order chi connectivity index (χ1) is 8.70. The van der Waals surface area contributed by atoms with E-state index in [-0.39, 0.29) is 5.92 Å². The van der Waals surface area contributed by atoms with Gasteiger partial charge in [0.25, 0.3) is 0 Å². The van der Waals surface area contributed by atoms with Crippen LogP contribution in [-0.2, 0) is 0 Å². The molecule has 2 fully saturated rings. The topological polar surface area (TPSA) is 27.0 Å². The summed E-state index contributed by atoms with van der Waals surface area (Å²) in [5.74, 6) is 0.598. The van der Waals surface area contributed by atoms with Crippen LogP contribution in [0.3, 0.4) is 0 Å². The third-order valence-corrected chi connectivity index (χ3v) is 4.92. The Labute approximate surface area is 109 Å². The van der Waals surface area contributed by atoms with Gasteiger partial charge in [-0.15, -0.1) is 0 Å². The minimum atomic E-state index is 0.163. The number of rotatable bonds is 1. The molecule has 4 unspecified atom stereocenters. The molecule has 2 nitrogen and oxygen atoms in total. The maximum absolute atomic E-state index is 9.54. The molecule has 2 aliphatic heterocycles. The Morgan fingerprint density at radius 2 is 1.94 bits per heavy atom. The van der Waals surface area contributed by atoms with Crippen LogP contribution in [0.2, 0.25) is 0 Å². The van der Waals surface area contributed by atoms with Crippen molar-refractivity contribution in [2.45, 2.75) is 44.2 Å². The van der Waals surface area contributed by atoms with Crippen LogP contribution in [-0.4, -0.2) is 24.0 Å². The van der Waals surface area contributed by atoms with Crippen LogP contribution in [0.1, 0.15) is 36.3 Å². The summed E-state index contributed by atoms with van der Waals surface area (Å²) in [6, 6.07) is 12.5. The van der Waals surface area contributed by atoms with Crippen LogP contribution in [0.25, 0.3) is 0 Å². The van der Waals surface area contributed by atoms with Crippen LogP contribution in [0, 0.1) is 24.2 Å². The highest BCUT2D eigenvalue weighted by atomic mass is 15.2. The van der Waals surface area contributed by atoms with Gasteiger partial charge >= 0.3 is 0 Å². The molecule has 4 atom stereocenters. The van der Waals surface area contributed by atoms with E-state index in [1.165, 1.54) is 24.0 Å². The Morgan fingerprint density at radius 3 is 2.61 bits per heavy atom. The standard InChI is InChI=1S/C16H20N2/c1-11-3-5-12(6-4-11)14-9-13-7-8-16(18(13)2)15(14)10-17/h3-6,13-16H,7-9H2,1-2H3. The minimum Gasteiger partial charge on any atom is -0.299 e. The van der Waals surface area contributed by atoms with E-state index < -0.39 is 0 Å². The second-order valence-corrected chi connectivity index (χ2v) is 5.87. The lowest BCUT2D eigenvalue weighted by molar-refractivity contribution is 0.127. The van der Waals surface area contributed by atoms with Gasteiger partial charge in [0.05, 0.1) is 12.0 Å². The summed E-state index contributed by atoms with van der Waals surface area (Å²) in [5, 5.41) is 9.54. The number of nitrogens with zero attached hydrogens (tertiary/aromatic N) is 2. The SMILES string of the molecule is Cc1ccc(C2CC3CCC(C2C#N)N3C)cc1. The number of piperidine rings is 1. The highest BCUT2D eigenvalue weighted by Crippen LogP contribution is 2.45. The highest BCUT2D eigenvalue weighted by molar-refractivity contribution is 5.28. The molecule has 0 saturated carbocycles. The maximum Gasteiger partial charge on any atom is 0.0687 e. The number of benzene rings is 1. The molecule has 0 spiro atoms. The van der Waals surface area contributed by atoms with Crippen LogP contribution in [0.15, 0.2) is 24.3 Å². The molecule has 0 amide bonds. The molecule has 1 aromatic carbocycles. The largest absolute Gasteiger partial charge is 0.299 e. The van der Waals surface area contributed by atoms with Crippen molar-refractivity contribution in [1.29, 1.82) is 5.26 Å². The van der Waals surface area contributed by atoms with Crippen molar-refractivity contribution in [2.24, 2.45) is 5.92 Å². The molecule has 2 heteroatoms. The van der Waals surface area contributed by atoms with Gasteiger partial charge in [-0.1, -0.05) is 29.8 Å². The Hall–Kier alpha value is -1.33. The molecule has 0 radical (unpaired) electrons. The summed E-state index contributed by atoms with van der Waals surface area (Å²) >= 11 is 0. The van der Waals surface area contributed by atoms with Crippen LogP contribution >= 0.6 is 0 Å². The summed E-state index contributed by atoms with van der Waals surface area (Å²) in [5.41, 5.74) is 2.65. The molecule has 2 heterocycles. The van der Waals surface area contributed by atoms with Crippen molar-refractivity contribution >= 4 is 0 Å². The first kappa shape index (κ1) is 11.7. The zero-order chi connectivity index (χ0) is 12.7. The van der Waals surface area contributed by atoms with E-state index in [4.69, 9.17) is 0 Å². The van der Waals surface area contributed by atoms with Gasteiger partial charge < -0.3 is 0 Å². The average molecular weight is 240 g/mol. The van der Waals surface area contributed by atoms with Crippen molar-refractivity contribution in [3.63, 3.8) is 0 Å². The van der Waals surface area contributed by atoms with Gasteiger partial charge in [0.15, 0.2) is 0 Å².